The maximum absolute atomic E-state index is 3.02. The van der Waals surface area contributed by atoms with Crippen molar-refractivity contribution in [3.05, 3.63) is 60.2 Å². The van der Waals surface area contributed by atoms with Crippen LogP contribution in [0.15, 0.2) is 48.5 Å². The Labute approximate surface area is 78.9 Å². The van der Waals surface area contributed by atoms with Crippen LogP contribution in [0.4, 0.5) is 0 Å². The van der Waals surface area contributed by atoms with Gasteiger partial charge in [0.05, 0.1) is 0 Å². The van der Waals surface area contributed by atoms with E-state index in [4.69, 9.17) is 0 Å². The van der Waals surface area contributed by atoms with Crippen LogP contribution < -0.4 is 0 Å². The number of aryl methyl sites for hydroxylation is 1. The fourth-order valence-corrected chi connectivity index (χ4v) is 1.46. The zero-order chi connectivity index (χ0) is 9.10. The van der Waals surface area contributed by atoms with Gasteiger partial charge in [0, 0.05) is 0 Å². The Morgan fingerprint density at radius 3 is 2.31 bits per heavy atom. The van der Waals surface area contributed by atoms with Gasteiger partial charge in [-0.25, -0.2) is 0 Å². The topological polar surface area (TPSA) is 0 Å². The van der Waals surface area contributed by atoms with Crippen LogP contribution in [-0.4, -0.2) is 0 Å². The third-order valence-electron chi connectivity index (χ3n) is 2.17. The zero-order valence-corrected chi connectivity index (χ0v) is 7.62. The summed E-state index contributed by atoms with van der Waals surface area (Å²) in [7, 11) is 0. The summed E-state index contributed by atoms with van der Waals surface area (Å²) in [5, 5.41) is 0. The Morgan fingerprint density at radius 2 is 1.62 bits per heavy atom. The van der Waals surface area contributed by atoms with E-state index >= 15 is 0 Å². The predicted molar refractivity (Wildman–Crippen MR) is 55.5 cm³/mol. The van der Waals surface area contributed by atoms with Gasteiger partial charge in [-0.3, -0.25) is 0 Å². The molecule has 0 N–H and O–H groups in total. The molecule has 63 valence electrons. The summed E-state index contributed by atoms with van der Waals surface area (Å²) in [6, 6.07) is 19.5. The second kappa shape index (κ2) is 3.44. The molecular weight excluding hydrogens is 156 g/mol. The first-order valence-corrected chi connectivity index (χ1v) is 4.40. The fraction of sp³-hybridized carbons (Fsp3) is 0.0769. The average molecular weight is 167 g/mol. The summed E-state index contributed by atoms with van der Waals surface area (Å²) in [6.45, 7) is 2.13. The Hall–Kier alpha value is -1.56. The minimum Gasteiger partial charge on any atom is -0.0620 e. The summed E-state index contributed by atoms with van der Waals surface area (Å²) in [4.78, 5) is 0. The van der Waals surface area contributed by atoms with Gasteiger partial charge in [0.2, 0.25) is 0 Å². The van der Waals surface area contributed by atoms with E-state index in [-0.39, 0.29) is 0 Å². The van der Waals surface area contributed by atoms with E-state index in [9.17, 15) is 0 Å². The molecule has 0 nitrogen and oxygen atoms in total. The summed E-state index contributed by atoms with van der Waals surface area (Å²) in [5.74, 6) is 0. The van der Waals surface area contributed by atoms with Crippen molar-refractivity contribution >= 4 is 0 Å². The van der Waals surface area contributed by atoms with E-state index in [0.717, 1.165) is 0 Å². The highest BCUT2D eigenvalue weighted by Crippen LogP contribution is 2.21. The van der Waals surface area contributed by atoms with Crippen LogP contribution in [0.2, 0.25) is 0 Å². The van der Waals surface area contributed by atoms with Crippen molar-refractivity contribution in [2.24, 2.45) is 0 Å². The van der Waals surface area contributed by atoms with Gasteiger partial charge in [0.25, 0.3) is 0 Å². The Balaban J connectivity index is 2.54. The van der Waals surface area contributed by atoms with Crippen molar-refractivity contribution in [2.45, 2.75) is 6.92 Å². The van der Waals surface area contributed by atoms with Crippen molar-refractivity contribution in [1.82, 2.24) is 0 Å². The van der Waals surface area contributed by atoms with Crippen LogP contribution >= 0.6 is 0 Å². The maximum atomic E-state index is 3.02. The van der Waals surface area contributed by atoms with E-state index in [2.05, 4.69) is 49.4 Å². The minimum atomic E-state index is 1.26. The van der Waals surface area contributed by atoms with E-state index in [0.29, 0.717) is 0 Å². The summed E-state index contributed by atoms with van der Waals surface area (Å²) >= 11 is 0. The van der Waals surface area contributed by atoms with Crippen LogP contribution in [0.3, 0.4) is 0 Å². The van der Waals surface area contributed by atoms with E-state index in [1.807, 2.05) is 12.1 Å². The lowest BCUT2D eigenvalue weighted by Gasteiger charge is -2.04. The average Bonchev–Trinajstić information content (AvgIpc) is 2.20. The molecule has 2 aromatic rings. The molecule has 0 heteroatoms. The zero-order valence-electron chi connectivity index (χ0n) is 7.62. The molecule has 0 aliphatic rings. The van der Waals surface area contributed by atoms with Crippen LogP contribution in [0.5, 0.6) is 0 Å². The van der Waals surface area contributed by atoms with Crippen molar-refractivity contribution in [3.63, 3.8) is 0 Å². The number of benzene rings is 2. The van der Waals surface area contributed by atoms with Gasteiger partial charge >= 0.3 is 0 Å². The molecule has 0 heterocycles. The number of hydrogen-bond donors (Lipinski definition) is 0. The second-order valence-electron chi connectivity index (χ2n) is 3.10. The molecule has 0 saturated carbocycles. The van der Waals surface area contributed by atoms with Gasteiger partial charge in [-0.2, -0.15) is 0 Å². The van der Waals surface area contributed by atoms with Gasteiger partial charge < -0.3 is 0 Å². The Kier molecular flexibility index (Phi) is 2.13. The highest BCUT2D eigenvalue weighted by atomic mass is 14.0. The summed E-state index contributed by atoms with van der Waals surface area (Å²) in [5.41, 5.74) is 3.88. The molecule has 1 radical (unpaired) electrons. The van der Waals surface area contributed by atoms with Gasteiger partial charge in [0.1, 0.15) is 0 Å². The molecular formula is C13H11. The normalized spacial score (nSPS) is 9.92. The van der Waals surface area contributed by atoms with E-state index < -0.39 is 0 Å². The van der Waals surface area contributed by atoms with E-state index in [1.165, 1.54) is 16.7 Å². The largest absolute Gasteiger partial charge is 0.0620 e. The molecule has 0 saturated heterocycles. The quantitative estimate of drug-likeness (QED) is 0.610. The first-order chi connectivity index (χ1) is 6.38. The molecule has 2 rings (SSSR count). The lowest BCUT2D eigenvalue weighted by atomic mass is 10.0. The second-order valence-corrected chi connectivity index (χ2v) is 3.10. The van der Waals surface area contributed by atoms with Gasteiger partial charge in [-0.1, -0.05) is 48.5 Å². The first kappa shape index (κ1) is 8.06. The number of rotatable bonds is 1. The van der Waals surface area contributed by atoms with Crippen LogP contribution in [0, 0.1) is 13.0 Å². The van der Waals surface area contributed by atoms with Crippen molar-refractivity contribution in [1.29, 1.82) is 0 Å². The first-order valence-electron chi connectivity index (χ1n) is 4.40. The van der Waals surface area contributed by atoms with Crippen LogP contribution in [0.25, 0.3) is 11.1 Å². The van der Waals surface area contributed by atoms with Gasteiger partial charge in [-0.05, 0) is 29.7 Å². The van der Waals surface area contributed by atoms with Crippen molar-refractivity contribution in [3.8, 4) is 11.1 Å². The number of hydrogen-bond acceptors (Lipinski definition) is 0. The lowest BCUT2D eigenvalue weighted by molar-refractivity contribution is 1.46. The Bertz CT molecular complexity index is 388. The van der Waals surface area contributed by atoms with Crippen LogP contribution in [0.1, 0.15) is 5.56 Å². The molecule has 0 spiro atoms. The molecule has 0 unspecified atom stereocenters. The maximum Gasteiger partial charge on any atom is -0.0155 e. The highest BCUT2D eigenvalue weighted by Gasteiger charge is 1.97. The predicted octanol–water partition coefficient (Wildman–Crippen LogP) is 3.46. The monoisotopic (exact) mass is 167 g/mol. The summed E-state index contributed by atoms with van der Waals surface area (Å²) < 4.78 is 0. The third kappa shape index (κ3) is 1.62. The molecule has 0 aliphatic carbocycles. The minimum absolute atomic E-state index is 1.26. The Morgan fingerprint density at radius 1 is 0.923 bits per heavy atom. The SMILES string of the molecule is Cc1ccccc1-c1cc[c]cc1. The molecule has 0 aromatic heterocycles. The highest BCUT2D eigenvalue weighted by molar-refractivity contribution is 5.66. The lowest BCUT2D eigenvalue weighted by Crippen LogP contribution is -1.80. The standard InChI is InChI=1S/C13H11/c1-11-7-5-6-10-13(11)12-8-3-2-4-9-12/h3-10H,1H3. The molecule has 0 atom stereocenters. The van der Waals surface area contributed by atoms with Crippen LogP contribution in [-0.2, 0) is 0 Å². The van der Waals surface area contributed by atoms with Crippen molar-refractivity contribution in [2.75, 3.05) is 0 Å². The molecule has 0 fully saturated rings. The molecule has 2 aromatic carbocycles. The summed E-state index contributed by atoms with van der Waals surface area (Å²) in [6.07, 6.45) is 0. The molecule has 13 heavy (non-hydrogen) atoms. The molecule has 0 aliphatic heterocycles. The van der Waals surface area contributed by atoms with Gasteiger partial charge in [-0.15, -0.1) is 0 Å². The molecule has 0 bridgehead atoms. The smallest absolute Gasteiger partial charge is 0.0155 e. The fourth-order valence-electron chi connectivity index (χ4n) is 1.46. The molecule has 0 amide bonds. The van der Waals surface area contributed by atoms with Crippen molar-refractivity contribution < 1.29 is 0 Å². The third-order valence-corrected chi connectivity index (χ3v) is 2.17. The van der Waals surface area contributed by atoms with E-state index in [1.54, 1.807) is 0 Å². The van der Waals surface area contributed by atoms with Gasteiger partial charge in [0.15, 0.2) is 0 Å².